The average Bonchev–Trinajstić information content (AvgIpc) is 3.43. The Kier molecular flexibility index (Phi) is 10.7. The van der Waals surface area contributed by atoms with Crippen molar-refractivity contribution in [3.05, 3.63) is 88.4 Å². The van der Waals surface area contributed by atoms with Gasteiger partial charge in [0.15, 0.2) is 11.8 Å². The van der Waals surface area contributed by atoms with Crippen LogP contribution in [0.15, 0.2) is 59.8 Å². The number of anilines is 1. The van der Waals surface area contributed by atoms with Gasteiger partial charge in [0.05, 0.1) is 6.54 Å². The number of rotatable bonds is 12. The van der Waals surface area contributed by atoms with Gasteiger partial charge in [-0.1, -0.05) is 6.08 Å². The second-order valence-electron chi connectivity index (χ2n) is 10.4. The number of carbonyl (C=O) groups is 3. The summed E-state index contributed by atoms with van der Waals surface area (Å²) < 4.78 is 39.5. The van der Waals surface area contributed by atoms with Crippen LogP contribution in [0.5, 0.6) is 5.88 Å². The van der Waals surface area contributed by atoms with Crippen molar-refractivity contribution in [2.75, 3.05) is 33.5 Å². The molecule has 0 spiro atoms. The molecule has 4 rings (SSSR count). The molecule has 16 heteroatoms. The van der Waals surface area contributed by atoms with Crippen LogP contribution in [0.25, 0.3) is 11.2 Å². The van der Waals surface area contributed by atoms with Crippen molar-refractivity contribution in [3.8, 4) is 5.88 Å². The van der Waals surface area contributed by atoms with Crippen molar-refractivity contribution < 1.29 is 32.6 Å². The van der Waals surface area contributed by atoms with Crippen molar-refractivity contribution in [2.45, 2.75) is 32.1 Å². The van der Waals surface area contributed by atoms with Gasteiger partial charge in [-0.25, -0.2) is 23.5 Å². The van der Waals surface area contributed by atoms with Crippen LogP contribution in [0.2, 0.25) is 0 Å². The highest BCUT2D eigenvalue weighted by Gasteiger charge is 2.24. The maximum atomic E-state index is 14.0. The van der Waals surface area contributed by atoms with E-state index in [4.69, 9.17) is 9.47 Å². The standard InChI is InChI=1S/C30H32F2N8O6/c1-38(2)24(41)10-6-5-9-22(46-30(44)39(3)4)27(42)35-21-8-7-13-40(29(21)43)15-23-36-25-26(37-23)33-17-34-28(25)45-16-18-11-12-19(31)14-20(18)32/h6-8,10-14,17,22H,5,9,15-16H2,1-4H3,(H,35,42)(H,33,34,36,37). The van der Waals surface area contributed by atoms with Gasteiger partial charge in [-0.2, -0.15) is 4.98 Å². The quantitative estimate of drug-likeness (QED) is 0.222. The van der Waals surface area contributed by atoms with Gasteiger partial charge in [-0.3, -0.25) is 14.4 Å². The molecule has 0 radical (unpaired) electrons. The van der Waals surface area contributed by atoms with Crippen LogP contribution in [0.1, 0.15) is 24.2 Å². The molecule has 2 N–H and O–H groups in total. The molecule has 46 heavy (non-hydrogen) atoms. The van der Waals surface area contributed by atoms with Crippen molar-refractivity contribution in [2.24, 2.45) is 0 Å². The Morgan fingerprint density at radius 1 is 1.11 bits per heavy atom. The fourth-order valence-electron chi connectivity index (χ4n) is 4.01. The highest BCUT2D eigenvalue weighted by Crippen LogP contribution is 2.21. The van der Waals surface area contributed by atoms with E-state index in [1.807, 2.05) is 0 Å². The average molecular weight is 639 g/mol. The Morgan fingerprint density at radius 2 is 1.89 bits per heavy atom. The minimum Gasteiger partial charge on any atom is -0.471 e. The molecule has 0 fully saturated rings. The highest BCUT2D eigenvalue weighted by molar-refractivity contribution is 5.95. The van der Waals surface area contributed by atoms with Crippen LogP contribution in [-0.4, -0.2) is 86.5 Å². The van der Waals surface area contributed by atoms with Gasteiger partial charge in [0.2, 0.25) is 11.8 Å². The van der Waals surface area contributed by atoms with E-state index in [-0.39, 0.29) is 54.7 Å². The highest BCUT2D eigenvalue weighted by atomic mass is 19.1. The van der Waals surface area contributed by atoms with Crippen LogP contribution >= 0.6 is 0 Å². The molecule has 3 heterocycles. The van der Waals surface area contributed by atoms with E-state index in [9.17, 15) is 28.0 Å². The first kappa shape index (κ1) is 33.2. The molecular weight excluding hydrogens is 606 g/mol. The molecule has 4 aromatic rings. The molecule has 0 bridgehead atoms. The van der Waals surface area contributed by atoms with E-state index >= 15 is 0 Å². The number of benzene rings is 1. The smallest absolute Gasteiger partial charge is 0.410 e. The molecule has 0 aliphatic carbocycles. The second kappa shape index (κ2) is 14.9. The first-order valence-electron chi connectivity index (χ1n) is 13.9. The lowest BCUT2D eigenvalue weighted by atomic mass is 10.1. The minimum absolute atomic E-state index is 0.0574. The van der Waals surface area contributed by atoms with E-state index in [0.717, 1.165) is 17.0 Å². The van der Waals surface area contributed by atoms with Gasteiger partial charge in [-0.05, 0) is 43.2 Å². The third kappa shape index (κ3) is 8.49. The summed E-state index contributed by atoms with van der Waals surface area (Å²) in [5, 5.41) is 2.53. The zero-order valence-corrected chi connectivity index (χ0v) is 25.5. The van der Waals surface area contributed by atoms with E-state index in [1.165, 1.54) is 54.3 Å². The summed E-state index contributed by atoms with van der Waals surface area (Å²) in [6.45, 7) is -0.294. The number of fused-ring (bicyclic) bond motifs is 1. The monoisotopic (exact) mass is 638 g/mol. The second-order valence-corrected chi connectivity index (χ2v) is 10.4. The molecule has 0 aliphatic heterocycles. The Hall–Kier alpha value is -5.67. The fraction of sp³-hybridized carbons (Fsp3) is 0.300. The number of halogens is 2. The molecular formula is C30H32F2N8O6. The van der Waals surface area contributed by atoms with Crippen LogP contribution in [0.3, 0.4) is 0 Å². The lowest BCUT2D eigenvalue weighted by Crippen LogP contribution is -2.37. The minimum atomic E-state index is -1.25. The lowest BCUT2D eigenvalue weighted by Gasteiger charge is -2.19. The summed E-state index contributed by atoms with van der Waals surface area (Å²) >= 11 is 0. The molecule has 1 unspecified atom stereocenters. The number of hydrogen-bond donors (Lipinski definition) is 2. The molecule has 242 valence electrons. The number of aromatic amines is 1. The summed E-state index contributed by atoms with van der Waals surface area (Å²) in [5.41, 5.74) is -0.000842. The number of ether oxygens (including phenoxy) is 2. The van der Waals surface area contributed by atoms with Crippen molar-refractivity contribution >= 4 is 34.8 Å². The van der Waals surface area contributed by atoms with Crippen LogP contribution in [-0.2, 0) is 27.5 Å². The number of hydrogen-bond acceptors (Lipinski definition) is 9. The molecule has 3 aromatic heterocycles. The molecule has 1 aromatic carbocycles. The van der Waals surface area contributed by atoms with E-state index in [0.29, 0.717) is 11.3 Å². The SMILES string of the molecule is CN(C)C(=O)C=CCCC(OC(=O)N(C)C)C(=O)Nc1cccn(Cc2nc3ncnc(OCc4ccc(F)cc4F)c3[nH]2)c1=O. The summed E-state index contributed by atoms with van der Waals surface area (Å²) in [6, 6.07) is 6.08. The number of allylic oxidation sites excluding steroid dienone is 1. The van der Waals surface area contributed by atoms with Gasteiger partial charge in [0.25, 0.3) is 11.5 Å². The number of aromatic nitrogens is 5. The van der Waals surface area contributed by atoms with Gasteiger partial charge in [-0.15, -0.1) is 0 Å². The van der Waals surface area contributed by atoms with E-state index < -0.39 is 35.3 Å². The number of amides is 3. The van der Waals surface area contributed by atoms with Crippen LogP contribution in [0.4, 0.5) is 19.3 Å². The van der Waals surface area contributed by atoms with Gasteiger partial charge >= 0.3 is 6.09 Å². The topological polar surface area (TPSA) is 165 Å². The van der Waals surface area contributed by atoms with Gasteiger partial charge in [0, 0.05) is 46.0 Å². The van der Waals surface area contributed by atoms with E-state index in [2.05, 4.69) is 25.3 Å². The molecule has 1 atom stereocenters. The van der Waals surface area contributed by atoms with Crippen molar-refractivity contribution in [3.63, 3.8) is 0 Å². The number of likely N-dealkylation sites (N-methyl/N-ethyl adjacent to an activating group) is 1. The molecule has 0 saturated carbocycles. The predicted molar refractivity (Wildman–Crippen MR) is 162 cm³/mol. The Balaban J connectivity index is 1.48. The first-order chi connectivity index (χ1) is 21.9. The number of H-pyrrole nitrogens is 1. The largest absolute Gasteiger partial charge is 0.471 e. The van der Waals surface area contributed by atoms with Crippen molar-refractivity contribution in [1.29, 1.82) is 0 Å². The predicted octanol–water partition coefficient (Wildman–Crippen LogP) is 2.85. The first-order valence-corrected chi connectivity index (χ1v) is 13.9. The van der Waals surface area contributed by atoms with Crippen LogP contribution < -0.4 is 15.6 Å². The lowest BCUT2D eigenvalue weighted by molar-refractivity contribution is -0.125. The molecule has 0 saturated heterocycles. The number of nitrogens with one attached hydrogen (secondary N) is 2. The van der Waals surface area contributed by atoms with Crippen LogP contribution in [0, 0.1) is 11.6 Å². The maximum Gasteiger partial charge on any atom is 0.410 e. The number of nitrogens with zero attached hydrogens (tertiary/aromatic N) is 6. The van der Waals surface area contributed by atoms with Gasteiger partial charge in [0.1, 0.15) is 41.6 Å². The third-order valence-electron chi connectivity index (χ3n) is 6.48. The van der Waals surface area contributed by atoms with Crippen molar-refractivity contribution in [1.82, 2.24) is 34.3 Å². The van der Waals surface area contributed by atoms with E-state index in [1.54, 1.807) is 26.2 Å². The summed E-state index contributed by atoms with van der Waals surface area (Å²) in [6.07, 6.45) is 3.91. The molecule has 3 amide bonds. The number of pyridine rings is 1. The van der Waals surface area contributed by atoms with Gasteiger partial charge < -0.3 is 34.1 Å². The maximum absolute atomic E-state index is 14.0. The normalized spacial score (nSPS) is 11.8. The Labute approximate surface area is 261 Å². The molecule has 14 nitrogen and oxygen atoms in total. The molecule has 0 aliphatic rings. The third-order valence-corrected chi connectivity index (χ3v) is 6.48. The Bertz CT molecular complexity index is 1820. The zero-order chi connectivity index (χ0) is 33.4. The number of carbonyl (C=O) groups excluding carboxylic acids is 3. The zero-order valence-electron chi connectivity index (χ0n) is 25.5. The summed E-state index contributed by atoms with van der Waals surface area (Å²) in [4.78, 5) is 68.5. The number of imidazole rings is 1. The summed E-state index contributed by atoms with van der Waals surface area (Å²) in [7, 11) is 6.13. The Morgan fingerprint density at radius 3 is 2.61 bits per heavy atom. The summed E-state index contributed by atoms with van der Waals surface area (Å²) in [5.74, 6) is -2.07. The fourth-order valence-corrected chi connectivity index (χ4v) is 4.01.